The van der Waals surface area contributed by atoms with Crippen molar-refractivity contribution in [2.45, 2.75) is 33.2 Å². The molecule has 33 heavy (non-hydrogen) atoms. The highest BCUT2D eigenvalue weighted by Crippen LogP contribution is 2.37. The van der Waals surface area contributed by atoms with E-state index in [0.29, 0.717) is 6.61 Å². The summed E-state index contributed by atoms with van der Waals surface area (Å²) in [5.41, 5.74) is 6.11. The van der Waals surface area contributed by atoms with Crippen molar-refractivity contribution in [2.75, 3.05) is 0 Å². The number of ether oxygens (including phenoxy) is 2. The molecule has 3 aromatic rings. The zero-order valence-electron chi connectivity index (χ0n) is 19.4. The number of fused-ring (bicyclic) bond motifs is 1. The SMILES string of the molecule is Cc1nc(/C=C/C=C/c2ccccc2)c(/C=C/C=C/c2ccccc2)c2c1OC(C)(C)OC2. The quantitative estimate of drug-likeness (QED) is 0.376. The molecule has 0 fully saturated rings. The predicted octanol–water partition coefficient (Wildman–Crippen LogP) is 7.49. The van der Waals surface area contributed by atoms with E-state index < -0.39 is 5.79 Å². The molecule has 0 spiro atoms. The average molecular weight is 436 g/mol. The maximum atomic E-state index is 6.13. The van der Waals surface area contributed by atoms with Gasteiger partial charge in [-0.1, -0.05) is 103 Å². The maximum absolute atomic E-state index is 6.13. The van der Waals surface area contributed by atoms with Gasteiger partial charge in [0.25, 0.3) is 0 Å². The number of hydrogen-bond donors (Lipinski definition) is 0. The molecule has 0 aliphatic carbocycles. The Morgan fingerprint density at radius 1 is 0.758 bits per heavy atom. The second-order valence-electron chi connectivity index (χ2n) is 8.35. The molecule has 0 atom stereocenters. The fourth-order valence-corrected chi connectivity index (χ4v) is 3.66. The van der Waals surface area contributed by atoms with Gasteiger partial charge in [-0.25, -0.2) is 4.98 Å². The van der Waals surface area contributed by atoms with Gasteiger partial charge in [0, 0.05) is 25.0 Å². The van der Waals surface area contributed by atoms with E-state index in [2.05, 4.69) is 42.5 Å². The molecule has 0 saturated carbocycles. The lowest BCUT2D eigenvalue weighted by Crippen LogP contribution is -2.36. The Labute approximate surface area is 196 Å². The number of hydrogen-bond acceptors (Lipinski definition) is 3. The molecule has 0 radical (unpaired) electrons. The second-order valence-corrected chi connectivity index (χ2v) is 8.35. The standard InChI is InChI=1S/C30H29NO2/c1-23-29-27(22-32-30(2,3)33-29)26(20-12-10-18-24-14-6-4-7-15-24)28(31-23)21-13-11-19-25-16-8-5-9-17-25/h4-21H,22H2,1-3H3/b18-10+,19-11+,20-12+,21-13+. The number of aromatic nitrogens is 1. The van der Waals surface area contributed by atoms with E-state index in [0.717, 1.165) is 39.4 Å². The number of rotatable bonds is 6. The summed E-state index contributed by atoms with van der Waals surface area (Å²) < 4.78 is 12.1. The summed E-state index contributed by atoms with van der Waals surface area (Å²) in [6.07, 6.45) is 16.4. The number of benzene rings is 2. The van der Waals surface area contributed by atoms with Crippen molar-refractivity contribution in [1.82, 2.24) is 4.98 Å². The largest absolute Gasteiger partial charge is 0.461 e. The first-order valence-corrected chi connectivity index (χ1v) is 11.2. The Bertz CT molecular complexity index is 1200. The maximum Gasteiger partial charge on any atom is 0.205 e. The zero-order valence-corrected chi connectivity index (χ0v) is 19.4. The van der Waals surface area contributed by atoms with Crippen LogP contribution in [0, 0.1) is 6.92 Å². The highest BCUT2D eigenvalue weighted by Gasteiger charge is 2.31. The lowest BCUT2D eigenvalue weighted by atomic mass is 10.0. The number of aryl methyl sites for hydroxylation is 1. The van der Waals surface area contributed by atoms with Crippen LogP contribution in [0.4, 0.5) is 0 Å². The van der Waals surface area contributed by atoms with Crippen molar-refractivity contribution in [3.05, 3.63) is 119 Å². The summed E-state index contributed by atoms with van der Waals surface area (Å²) in [6.45, 7) is 6.32. The lowest BCUT2D eigenvalue weighted by molar-refractivity contribution is -0.180. The van der Waals surface area contributed by atoms with Gasteiger partial charge in [0.05, 0.1) is 18.0 Å². The Hall–Kier alpha value is -3.69. The topological polar surface area (TPSA) is 31.4 Å². The molecule has 0 N–H and O–H groups in total. The molecule has 2 aromatic carbocycles. The van der Waals surface area contributed by atoms with E-state index in [1.165, 1.54) is 0 Å². The van der Waals surface area contributed by atoms with E-state index in [9.17, 15) is 0 Å². The molecule has 3 heteroatoms. The van der Waals surface area contributed by atoms with Crippen LogP contribution in [0.5, 0.6) is 5.75 Å². The van der Waals surface area contributed by atoms with Crippen LogP contribution in [0.15, 0.2) is 85.0 Å². The second kappa shape index (κ2) is 10.3. The van der Waals surface area contributed by atoms with Crippen molar-refractivity contribution in [3.8, 4) is 5.75 Å². The molecule has 1 aromatic heterocycles. The normalized spacial score (nSPS) is 15.5. The molecule has 1 aliphatic rings. The molecule has 4 rings (SSSR count). The van der Waals surface area contributed by atoms with Crippen LogP contribution in [0.1, 0.15) is 47.5 Å². The van der Waals surface area contributed by atoms with Crippen molar-refractivity contribution >= 4 is 24.3 Å². The van der Waals surface area contributed by atoms with Crippen molar-refractivity contribution < 1.29 is 9.47 Å². The lowest BCUT2D eigenvalue weighted by Gasteiger charge is -2.34. The third-order valence-electron chi connectivity index (χ3n) is 5.32. The van der Waals surface area contributed by atoms with Crippen LogP contribution in [-0.4, -0.2) is 10.8 Å². The number of nitrogens with zero attached hydrogens (tertiary/aromatic N) is 1. The minimum Gasteiger partial charge on any atom is -0.461 e. The predicted molar refractivity (Wildman–Crippen MR) is 137 cm³/mol. The smallest absolute Gasteiger partial charge is 0.205 e. The van der Waals surface area contributed by atoms with Crippen LogP contribution in [0.2, 0.25) is 0 Å². The van der Waals surface area contributed by atoms with Gasteiger partial charge in [-0.3, -0.25) is 0 Å². The van der Waals surface area contributed by atoms with Crippen molar-refractivity contribution in [2.24, 2.45) is 0 Å². The Morgan fingerprint density at radius 3 is 1.91 bits per heavy atom. The monoisotopic (exact) mass is 435 g/mol. The first-order valence-electron chi connectivity index (χ1n) is 11.2. The summed E-state index contributed by atoms with van der Waals surface area (Å²) in [7, 11) is 0. The molecule has 1 aliphatic heterocycles. The van der Waals surface area contributed by atoms with Gasteiger partial charge in [-0.2, -0.15) is 0 Å². The Kier molecular flexibility index (Phi) is 7.01. The van der Waals surface area contributed by atoms with Gasteiger partial charge in [0.15, 0.2) is 5.75 Å². The summed E-state index contributed by atoms with van der Waals surface area (Å²) in [4.78, 5) is 4.86. The Balaban J connectivity index is 1.65. The summed E-state index contributed by atoms with van der Waals surface area (Å²) >= 11 is 0. The fourth-order valence-electron chi connectivity index (χ4n) is 3.66. The van der Waals surface area contributed by atoms with Gasteiger partial charge in [0.1, 0.15) is 0 Å². The fraction of sp³-hybridized carbons (Fsp3) is 0.167. The molecule has 0 bridgehead atoms. The first kappa shape index (κ1) is 22.5. The molecule has 0 amide bonds. The average Bonchev–Trinajstić information content (AvgIpc) is 2.82. The third kappa shape index (κ3) is 5.97. The van der Waals surface area contributed by atoms with E-state index in [1.54, 1.807) is 0 Å². The van der Waals surface area contributed by atoms with Gasteiger partial charge < -0.3 is 9.47 Å². The van der Waals surface area contributed by atoms with Gasteiger partial charge in [-0.15, -0.1) is 0 Å². The van der Waals surface area contributed by atoms with E-state index in [4.69, 9.17) is 14.5 Å². The van der Waals surface area contributed by atoms with Crippen LogP contribution < -0.4 is 4.74 Å². The van der Waals surface area contributed by atoms with Crippen molar-refractivity contribution in [3.63, 3.8) is 0 Å². The minimum atomic E-state index is -0.663. The third-order valence-corrected chi connectivity index (χ3v) is 5.32. The van der Waals surface area contributed by atoms with Crippen LogP contribution in [0.25, 0.3) is 24.3 Å². The number of allylic oxidation sites excluding steroid dienone is 4. The van der Waals surface area contributed by atoms with Gasteiger partial charge >= 0.3 is 0 Å². The number of pyridine rings is 1. The van der Waals surface area contributed by atoms with E-state index in [1.807, 2.05) is 87.5 Å². The first-order chi connectivity index (χ1) is 16.0. The highest BCUT2D eigenvalue weighted by molar-refractivity contribution is 5.71. The van der Waals surface area contributed by atoms with Gasteiger partial charge in [0.2, 0.25) is 5.79 Å². The zero-order chi connectivity index (χ0) is 23.1. The minimum absolute atomic E-state index is 0.481. The summed E-state index contributed by atoms with van der Waals surface area (Å²) in [6, 6.07) is 20.5. The van der Waals surface area contributed by atoms with E-state index >= 15 is 0 Å². The summed E-state index contributed by atoms with van der Waals surface area (Å²) in [5, 5.41) is 0. The van der Waals surface area contributed by atoms with Crippen LogP contribution in [-0.2, 0) is 11.3 Å². The highest BCUT2D eigenvalue weighted by atomic mass is 16.7. The molecule has 166 valence electrons. The molecular weight excluding hydrogens is 406 g/mol. The van der Waals surface area contributed by atoms with Crippen LogP contribution in [0.3, 0.4) is 0 Å². The summed E-state index contributed by atoms with van der Waals surface area (Å²) in [5.74, 6) is 0.151. The molecular formula is C30H29NO2. The molecule has 3 nitrogen and oxygen atoms in total. The van der Waals surface area contributed by atoms with Crippen LogP contribution >= 0.6 is 0 Å². The van der Waals surface area contributed by atoms with E-state index in [-0.39, 0.29) is 0 Å². The Morgan fingerprint density at radius 2 is 1.30 bits per heavy atom. The molecule has 0 saturated heterocycles. The molecule has 0 unspecified atom stereocenters. The van der Waals surface area contributed by atoms with Gasteiger partial charge in [-0.05, 0) is 24.1 Å². The molecule has 2 heterocycles. The van der Waals surface area contributed by atoms with Crippen molar-refractivity contribution in [1.29, 1.82) is 0 Å².